The summed E-state index contributed by atoms with van der Waals surface area (Å²) in [7, 11) is 0. The van der Waals surface area contributed by atoms with E-state index in [2.05, 4.69) is 92.6 Å². The summed E-state index contributed by atoms with van der Waals surface area (Å²) in [6.45, 7) is 19.5. The van der Waals surface area contributed by atoms with Gasteiger partial charge in [-0.25, -0.2) is 0 Å². The van der Waals surface area contributed by atoms with Crippen LogP contribution in [0.15, 0.2) is 24.3 Å². The molecular weight excluding hydrogens is 304 g/mol. The summed E-state index contributed by atoms with van der Waals surface area (Å²) in [4.78, 5) is 0. The van der Waals surface area contributed by atoms with Gasteiger partial charge in [-0.1, -0.05) is 83.9 Å². The predicted octanol–water partition coefficient (Wildman–Crippen LogP) is 6.56. The molecule has 0 amide bonds. The van der Waals surface area contributed by atoms with E-state index in [0.717, 1.165) is 16.7 Å². The van der Waals surface area contributed by atoms with Gasteiger partial charge in [0.1, 0.15) is 5.75 Å². The van der Waals surface area contributed by atoms with Crippen molar-refractivity contribution in [3.8, 4) is 5.75 Å². The molecule has 0 saturated carbocycles. The van der Waals surface area contributed by atoms with Gasteiger partial charge in [0.05, 0.1) is 0 Å². The van der Waals surface area contributed by atoms with Crippen LogP contribution in [0.25, 0.3) is 0 Å². The third kappa shape index (κ3) is 4.26. The fourth-order valence-corrected chi connectivity index (χ4v) is 3.26. The van der Waals surface area contributed by atoms with Crippen molar-refractivity contribution in [1.29, 1.82) is 0 Å². The van der Waals surface area contributed by atoms with Crippen LogP contribution in [0.4, 0.5) is 0 Å². The zero-order valence-corrected chi connectivity index (χ0v) is 17.3. The van der Waals surface area contributed by atoms with Crippen LogP contribution in [0.5, 0.6) is 5.75 Å². The van der Waals surface area contributed by atoms with Crippen molar-refractivity contribution in [2.24, 2.45) is 0 Å². The van der Waals surface area contributed by atoms with Crippen LogP contribution in [0.2, 0.25) is 0 Å². The Bertz CT molecular complexity index is 770. The van der Waals surface area contributed by atoms with E-state index in [0.29, 0.717) is 5.75 Å². The molecule has 2 rings (SSSR count). The van der Waals surface area contributed by atoms with Gasteiger partial charge in [-0.05, 0) is 47.4 Å². The van der Waals surface area contributed by atoms with Crippen molar-refractivity contribution in [3.63, 3.8) is 0 Å². The first-order valence-electron chi connectivity index (χ1n) is 9.19. The van der Waals surface area contributed by atoms with Crippen molar-refractivity contribution in [2.45, 2.75) is 79.1 Å². The Kier molecular flexibility index (Phi) is 5.10. The van der Waals surface area contributed by atoms with Crippen molar-refractivity contribution >= 4 is 0 Å². The Morgan fingerprint density at radius 3 is 1.92 bits per heavy atom. The molecule has 1 nitrogen and oxygen atoms in total. The van der Waals surface area contributed by atoms with Crippen molar-refractivity contribution in [3.05, 3.63) is 63.7 Å². The number of aromatic hydroxyl groups is 1. The van der Waals surface area contributed by atoms with Crippen LogP contribution in [-0.4, -0.2) is 5.11 Å². The van der Waals surface area contributed by atoms with Crippen molar-refractivity contribution < 1.29 is 5.11 Å². The van der Waals surface area contributed by atoms with Crippen LogP contribution in [0.1, 0.15) is 87.8 Å². The third-order valence-corrected chi connectivity index (χ3v) is 4.87. The molecule has 0 spiro atoms. The molecule has 2 aromatic carbocycles. The van der Waals surface area contributed by atoms with Crippen LogP contribution in [0.3, 0.4) is 0 Å². The van der Waals surface area contributed by atoms with Crippen LogP contribution in [0, 0.1) is 19.9 Å². The second-order valence-corrected chi connectivity index (χ2v) is 9.50. The van der Waals surface area contributed by atoms with Gasteiger partial charge in [-0.3, -0.25) is 0 Å². The summed E-state index contributed by atoms with van der Waals surface area (Å²) >= 11 is 0. The Balaban J connectivity index is 2.61. The average Bonchev–Trinajstić information content (AvgIpc) is 2.46. The number of phenols is 1. The largest absolute Gasteiger partial charge is 0.507 e. The second-order valence-electron chi connectivity index (χ2n) is 9.50. The average molecular weight is 338 g/mol. The lowest BCUT2D eigenvalue weighted by atomic mass is 9.79. The summed E-state index contributed by atoms with van der Waals surface area (Å²) in [5, 5.41) is 11.0. The second kappa shape index (κ2) is 6.52. The van der Waals surface area contributed by atoms with E-state index in [1.807, 2.05) is 0 Å². The number of aryl methyl sites for hydroxylation is 2. The number of hydrogen-bond donors (Lipinski definition) is 1. The van der Waals surface area contributed by atoms with E-state index < -0.39 is 0 Å². The first kappa shape index (κ1) is 19.6. The summed E-state index contributed by atoms with van der Waals surface area (Å²) in [5.74, 6) is 0.528. The SMILES string of the molecule is Cc1cc(C(C)c2cc(C)cc(C(C)(C)C)c2O)[c]c(C(C)(C)C)c1. The quantitative estimate of drug-likeness (QED) is 0.658. The fraction of sp³-hybridized carbons (Fsp3) is 0.500. The molecule has 0 aliphatic carbocycles. The lowest BCUT2D eigenvalue weighted by Crippen LogP contribution is -2.14. The highest BCUT2D eigenvalue weighted by Gasteiger charge is 2.24. The lowest BCUT2D eigenvalue weighted by molar-refractivity contribution is 0.438. The van der Waals surface area contributed by atoms with Gasteiger partial charge in [0, 0.05) is 11.5 Å². The molecule has 1 unspecified atom stereocenters. The molecule has 0 saturated heterocycles. The molecule has 1 heteroatoms. The molecule has 135 valence electrons. The minimum Gasteiger partial charge on any atom is -0.507 e. The molecule has 25 heavy (non-hydrogen) atoms. The Hall–Kier alpha value is -1.76. The predicted molar refractivity (Wildman–Crippen MR) is 108 cm³/mol. The van der Waals surface area contributed by atoms with Gasteiger partial charge in [0.25, 0.3) is 0 Å². The Morgan fingerprint density at radius 2 is 1.40 bits per heavy atom. The van der Waals surface area contributed by atoms with Gasteiger partial charge in [-0.15, -0.1) is 0 Å². The van der Waals surface area contributed by atoms with Crippen molar-refractivity contribution in [1.82, 2.24) is 0 Å². The Morgan fingerprint density at radius 1 is 0.840 bits per heavy atom. The van der Waals surface area contributed by atoms with E-state index in [4.69, 9.17) is 0 Å². The van der Waals surface area contributed by atoms with Crippen LogP contribution in [-0.2, 0) is 10.8 Å². The number of hydrogen-bond acceptors (Lipinski definition) is 1. The van der Waals surface area contributed by atoms with E-state index in [1.54, 1.807) is 0 Å². The maximum Gasteiger partial charge on any atom is 0.123 e. The molecule has 0 aliphatic rings. The van der Waals surface area contributed by atoms with Gasteiger partial charge in [0.15, 0.2) is 0 Å². The standard InChI is InChI=1S/C24H33O/c1-15-10-18(14-19(11-15)23(4,5)6)17(3)20-12-16(2)13-21(22(20)25)24(7,8)9/h10-13,17,25H,1-9H3. The van der Waals surface area contributed by atoms with Crippen LogP contribution >= 0.6 is 0 Å². The molecular formula is C24H33O. The van der Waals surface area contributed by atoms with Gasteiger partial charge < -0.3 is 5.11 Å². The summed E-state index contributed by atoms with van der Waals surface area (Å²) < 4.78 is 0. The van der Waals surface area contributed by atoms with E-state index in [9.17, 15) is 5.11 Å². The zero-order valence-electron chi connectivity index (χ0n) is 17.3. The molecule has 0 aliphatic heterocycles. The van der Waals surface area contributed by atoms with Gasteiger partial charge in [0.2, 0.25) is 0 Å². The molecule has 0 aromatic heterocycles. The Labute approximate surface area is 154 Å². The normalized spacial score (nSPS) is 13.8. The number of benzene rings is 2. The minimum absolute atomic E-state index is 0.0612. The van der Waals surface area contributed by atoms with E-state index >= 15 is 0 Å². The minimum atomic E-state index is -0.0859. The van der Waals surface area contributed by atoms with Crippen LogP contribution < -0.4 is 0 Å². The molecule has 1 N–H and O–H groups in total. The number of rotatable bonds is 2. The van der Waals surface area contributed by atoms with E-state index in [-0.39, 0.29) is 16.7 Å². The molecule has 2 aromatic rings. The molecule has 0 heterocycles. The third-order valence-electron chi connectivity index (χ3n) is 4.87. The highest BCUT2D eigenvalue weighted by molar-refractivity contribution is 5.51. The molecule has 1 atom stereocenters. The maximum absolute atomic E-state index is 11.0. The first-order chi connectivity index (χ1) is 11.3. The molecule has 1 radical (unpaired) electrons. The topological polar surface area (TPSA) is 20.2 Å². The maximum atomic E-state index is 11.0. The fourth-order valence-electron chi connectivity index (χ4n) is 3.26. The zero-order chi connectivity index (χ0) is 19.2. The summed E-state index contributed by atoms with van der Waals surface area (Å²) in [5.41, 5.74) is 6.78. The lowest BCUT2D eigenvalue weighted by Gasteiger charge is -2.26. The highest BCUT2D eigenvalue weighted by Crippen LogP contribution is 2.40. The molecule has 0 fully saturated rings. The summed E-state index contributed by atoms with van der Waals surface area (Å²) in [6.07, 6.45) is 0. The van der Waals surface area contributed by atoms with E-state index in [1.165, 1.54) is 16.7 Å². The number of phenolic OH excluding ortho intramolecular Hbond substituents is 1. The monoisotopic (exact) mass is 337 g/mol. The highest BCUT2D eigenvalue weighted by atomic mass is 16.3. The van der Waals surface area contributed by atoms with Gasteiger partial charge in [-0.2, -0.15) is 0 Å². The smallest absolute Gasteiger partial charge is 0.123 e. The summed E-state index contributed by atoms with van der Waals surface area (Å²) in [6, 6.07) is 12.2. The van der Waals surface area contributed by atoms with Gasteiger partial charge >= 0.3 is 0 Å². The van der Waals surface area contributed by atoms with Crippen molar-refractivity contribution in [2.75, 3.05) is 0 Å². The molecule has 0 bridgehead atoms. The first-order valence-corrected chi connectivity index (χ1v) is 9.19.